The molecule has 0 unspecified atom stereocenters. The third-order valence-electron chi connectivity index (χ3n) is 4.47. The van der Waals surface area contributed by atoms with Crippen molar-refractivity contribution in [2.75, 3.05) is 0 Å². The quantitative estimate of drug-likeness (QED) is 0.709. The maximum Gasteiger partial charge on any atom is 0.143 e. The van der Waals surface area contributed by atoms with Crippen LogP contribution in [0.5, 0.6) is 0 Å². The predicted octanol–water partition coefficient (Wildman–Crippen LogP) is 4.53. The van der Waals surface area contributed by atoms with Gasteiger partial charge < -0.3 is 4.52 Å². The molecule has 0 spiro atoms. The normalized spacial score (nSPS) is 13.6. The molecule has 0 saturated carbocycles. The molecule has 4 rings (SSSR count). The van der Waals surface area contributed by atoms with Crippen molar-refractivity contribution in [3.05, 3.63) is 94.9 Å². The molecule has 1 aliphatic rings. The predicted molar refractivity (Wildman–Crippen MR) is 99.1 cm³/mol. The number of hydrogen-bond acceptors (Lipinski definition) is 4. The summed E-state index contributed by atoms with van der Waals surface area (Å²) < 4.78 is 5.37. The summed E-state index contributed by atoms with van der Waals surface area (Å²) in [4.78, 5) is 0. The van der Waals surface area contributed by atoms with Crippen LogP contribution in [-0.2, 0) is 6.54 Å². The van der Waals surface area contributed by atoms with E-state index in [0.29, 0.717) is 6.54 Å². The fourth-order valence-electron chi connectivity index (χ4n) is 3.21. The van der Waals surface area contributed by atoms with Crippen molar-refractivity contribution in [3.63, 3.8) is 0 Å². The molecule has 0 atom stereocenters. The molecule has 1 aromatic heterocycles. The second-order valence-electron chi connectivity index (χ2n) is 6.18. The topological polar surface area (TPSA) is 41.6 Å². The van der Waals surface area contributed by atoms with Crippen LogP contribution in [-0.4, -0.2) is 15.9 Å². The van der Waals surface area contributed by atoms with Crippen molar-refractivity contribution < 1.29 is 4.52 Å². The Balaban J connectivity index is 1.85. The summed E-state index contributed by atoms with van der Waals surface area (Å²) in [5.74, 6) is 0.776. The van der Waals surface area contributed by atoms with Crippen molar-refractivity contribution >= 4 is 11.4 Å². The minimum Gasteiger partial charge on any atom is -0.361 e. The fraction of sp³-hybridized carbons (Fsp3) is 0.143. The van der Waals surface area contributed by atoms with E-state index in [9.17, 15) is 0 Å². The van der Waals surface area contributed by atoms with Gasteiger partial charge in [0.15, 0.2) is 0 Å². The average Bonchev–Trinajstić information content (AvgIpc) is 2.97. The van der Waals surface area contributed by atoms with Crippen LogP contribution in [0, 0.1) is 13.8 Å². The van der Waals surface area contributed by atoms with Gasteiger partial charge in [-0.05, 0) is 19.4 Å². The monoisotopic (exact) mass is 329 g/mol. The molecule has 4 nitrogen and oxygen atoms in total. The summed E-state index contributed by atoms with van der Waals surface area (Å²) in [6.07, 6.45) is 0. The first-order chi connectivity index (χ1) is 12.1. The van der Waals surface area contributed by atoms with Crippen molar-refractivity contribution in [2.45, 2.75) is 20.4 Å². The molecule has 2 aromatic carbocycles. The third kappa shape index (κ3) is 2.66. The van der Waals surface area contributed by atoms with Crippen molar-refractivity contribution in [1.82, 2.24) is 10.2 Å². The lowest BCUT2D eigenvalue weighted by Gasteiger charge is -2.29. The summed E-state index contributed by atoms with van der Waals surface area (Å²) in [7, 11) is 0. The number of aromatic nitrogens is 1. The fourth-order valence-corrected chi connectivity index (χ4v) is 3.21. The Hall–Kier alpha value is -3.14. The highest BCUT2D eigenvalue weighted by Crippen LogP contribution is 2.32. The minimum absolute atomic E-state index is 0.668. The Morgan fingerprint density at radius 2 is 1.64 bits per heavy atom. The largest absolute Gasteiger partial charge is 0.361 e. The highest BCUT2D eigenvalue weighted by Gasteiger charge is 2.27. The second-order valence-corrected chi connectivity index (χ2v) is 6.18. The molecule has 0 aliphatic carbocycles. The minimum atomic E-state index is 0.668. The molecule has 0 saturated heterocycles. The summed E-state index contributed by atoms with van der Waals surface area (Å²) in [5, 5.41) is 11.0. The molecule has 0 fully saturated rings. The molecule has 1 aliphatic heterocycles. The SMILES string of the molecule is C=C1c2ccccc2C(c2c(C)noc2C)=NN1Cc1ccccc1. The van der Waals surface area contributed by atoms with E-state index in [-0.39, 0.29) is 0 Å². The molecule has 25 heavy (non-hydrogen) atoms. The maximum absolute atomic E-state index is 5.37. The van der Waals surface area contributed by atoms with Gasteiger partial charge in [-0.3, -0.25) is 5.01 Å². The summed E-state index contributed by atoms with van der Waals surface area (Å²) in [6.45, 7) is 8.81. The van der Waals surface area contributed by atoms with Crippen LogP contribution in [0.4, 0.5) is 0 Å². The highest BCUT2D eigenvalue weighted by atomic mass is 16.5. The summed E-state index contributed by atoms with van der Waals surface area (Å²) >= 11 is 0. The van der Waals surface area contributed by atoms with Gasteiger partial charge in [-0.25, -0.2) is 0 Å². The number of fused-ring (bicyclic) bond motifs is 1. The smallest absolute Gasteiger partial charge is 0.143 e. The molecule has 3 aromatic rings. The molecular weight excluding hydrogens is 310 g/mol. The Morgan fingerprint density at radius 1 is 0.960 bits per heavy atom. The van der Waals surface area contributed by atoms with Gasteiger partial charge in [0, 0.05) is 11.1 Å². The molecule has 4 heteroatoms. The van der Waals surface area contributed by atoms with Gasteiger partial charge in [-0.1, -0.05) is 66.3 Å². The first-order valence-electron chi connectivity index (χ1n) is 8.27. The van der Waals surface area contributed by atoms with E-state index in [0.717, 1.165) is 39.6 Å². The standard InChI is InChI=1S/C21H19N3O/c1-14-20(16(3)25-23-14)21-19-12-8-7-11-18(19)15(2)24(22-21)13-17-9-5-4-6-10-17/h4-12H,2,13H2,1,3H3. The zero-order valence-electron chi connectivity index (χ0n) is 14.4. The lowest BCUT2D eigenvalue weighted by Crippen LogP contribution is -2.25. The van der Waals surface area contributed by atoms with Crippen molar-refractivity contribution in [3.8, 4) is 0 Å². The van der Waals surface area contributed by atoms with Gasteiger partial charge in [0.1, 0.15) is 11.5 Å². The van der Waals surface area contributed by atoms with Crippen LogP contribution in [0.1, 0.15) is 33.7 Å². The Kier molecular flexibility index (Phi) is 3.73. The van der Waals surface area contributed by atoms with E-state index in [4.69, 9.17) is 9.62 Å². The van der Waals surface area contributed by atoms with E-state index in [1.165, 1.54) is 5.56 Å². The van der Waals surface area contributed by atoms with Gasteiger partial charge >= 0.3 is 0 Å². The van der Waals surface area contributed by atoms with E-state index in [2.05, 4.69) is 36.0 Å². The van der Waals surface area contributed by atoms with Gasteiger partial charge in [0.25, 0.3) is 0 Å². The van der Waals surface area contributed by atoms with Crippen LogP contribution in [0.2, 0.25) is 0 Å². The summed E-state index contributed by atoms with van der Waals surface area (Å²) in [5.41, 5.74) is 6.92. The number of aryl methyl sites for hydroxylation is 2. The number of hydrazone groups is 1. The molecule has 0 radical (unpaired) electrons. The molecular formula is C21H19N3O. The molecule has 2 heterocycles. The van der Waals surface area contributed by atoms with Crippen LogP contribution in [0.15, 0.2) is 70.8 Å². The van der Waals surface area contributed by atoms with Gasteiger partial charge in [0.05, 0.1) is 23.5 Å². The van der Waals surface area contributed by atoms with Crippen LogP contribution >= 0.6 is 0 Å². The average molecular weight is 329 g/mol. The van der Waals surface area contributed by atoms with Crippen LogP contribution < -0.4 is 0 Å². The third-order valence-corrected chi connectivity index (χ3v) is 4.47. The van der Waals surface area contributed by atoms with Crippen LogP contribution in [0.25, 0.3) is 5.70 Å². The maximum atomic E-state index is 5.37. The number of benzene rings is 2. The number of hydrogen-bond donors (Lipinski definition) is 0. The first-order valence-corrected chi connectivity index (χ1v) is 8.27. The number of nitrogens with zero attached hydrogens (tertiary/aromatic N) is 3. The van der Waals surface area contributed by atoms with E-state index in [1.54, 1.807) is 0 Å². The Bertz CT molecular complexity index is 950. The van der Waals surface area contributed by atoms with Crippen molar-refractivity contribution in [2.24, 2.45) is 5.10 Å². The zero-order chi connectivity index (χ0) is 17.4. The number of rotatable bonds is 3. The van der Waals surface area contributed by atoms with Gasteiger partial charge in [-0.15, -0.1) is 0 Å². The van der Waals surface area contributed by atoms with Crippen molar-refractivity contribution in [1.29, 1.82) is 0 Å². The van der Waals surface area contributed by atoms with Crippen LogP contribution in [0.3, 0.4) is 0 Å². The summed E-state index contributed by atoms with van der Waals surface area (Å²) in [6, 6.07) is 18.5. The molecule has 0 N–H and O–H groups in total. The molecule has 0 bridgehead atoms. The van der Waals surface area contributed by atoms with Gasteiger partial charge in [-0.2, -0.15) is 5.10 Å². The zero-order valence-corrected chi connectivity index (χ0v) is 14.4. The molecule has 124 valence electrons. The lowest BCUT2D eigenvalue weighted by atomic mass is 9.93. The Morgan fingerprint density at radius 3 is 2.32 bits per heavy atom. The Labute approximate surface area is 147 Å². The second kappa shape index (κ2) is 6.06. The van der Waals surface area contributed by atoms with E-state index in [1.807, 2.05) is 49.2 Å². The van der Waals surface area contributed by atoms with Gasteiger partial charge in [0.2, 0.25) is 0 Å². The highest BCUT2D eigenvalue weighted by molar-refractivity contribution is 6.17. The first kappa shape index (κ1) is 15.4. The lowest BCUT2D eigenvalue weighted by molar-refractivity contribution is 0.392. The van der Waals surface area contributed by atoms with E-state index >= 15 is 0 Å². The molecule has 0 amide bonds. The van der Waals surface area contributed by atoms with E-state index < -0.39 is 0 Å².